The molecule has 2 unspecified atom stereocenters. The molecular weight excluding hydrogens is 144 g/mol. The van der Waals surface area contributed by atoms with Crippen LogP contribution in [0.2, 0.25) is 0 Å². The Morgan fingerprint density at radius 1 is 1.30 bits per heavy atom. The van der Waals surface area contributed by atoms with E-state index in [1.165, 1.54) is 19.3 Å². The van der Waals surface area contributed by atoms with Crippen molar-refractivity contribution < 1.29 is 0 Å². The van der Waals surface area contributed by atoms with Gasteiger partial charge in [0.15, 0.2) is 0 Å². The summed E-state index contributed by atoms with van der Waals surface area (Å²) in [6.45, 7) is 6.75. The molecule has 1 heteroatoms. The van der Waals surface area contributed by atoms with Crippen molar-refractivity contribution in [3.05, 3.63) is 0 Å². The standard InChI is InChI=1S/C9H19Cl/c1-4-6-9(7-10)8(3)5-2/h8-9H,4-7H2,1-3H3. The minimum Gasteiger partial charge on any atom is -0.126 e. The number of halogens is 1. The second kappa shape index (κ2) is 6.03. The molecule has 0 fully saturated rings. The first-order chi connectivity index (χ1) is 4.76. The van der Waals surface area contributed by atoms with E-state index in [0.29, 0.717) is 0 Å². The van der Waals surface area contributed by atoms with Gasteiger partial charge in [0.1, 0.15) is 0 Å². The Balaban J connectivity index is 3.56. The summed E-state index contributed by atoms with van der Waals surface area (Å²) in [7, 11) is 0. The summed E-state index contributed by atoms with van der Waals surface area (Å²) in [5.74, 6) is 2.39. The maximum Gasteiger partial charge on any atom is 0.0254 e. The molecule has 2 atom stereocenters. The van der Waals surface area contributed by atoms with Crippen LogP contribution >= 0.6 is 11.6 Å². The van der Waals surface area contributed by atoms with Crippen LogP contribution in [0.25, 0.3) is 0 Å². The second-order valence-corrected chi connectivity index (χ2v) is 3.40. The molecule has 0 N–H and O–H groups in total. The highest BCUT2D eigenvalue weighted by atomic mass is 35.5. The van der Waals surface area contributed by atoms with Gasteiger partial charge in [0, 0.05) is 5.88 Å². The SMILES string of the molecule is CCCC(CCl)C(C)CC. The summed E-state index contributed by atoms with van der Waals surface area (Å²) in [6, 6.07) is 0. The van der Waals surface area contributed by atoms with Crippen molar-refractivity contribution in [2.45, 2.75) is 40.0 Å². The lowest BCUT2D eigenvalue weighted by molar-refractivity contribution is 0.356. The maximum absolute atomic E-state index is 5.82. The van der Waals surface area contributed by atoms with E-state index in [1.807, 2.05) is 0 Å². The molecule has 0 bridgehead atoms. The van der Waals surface area contributed by atoms with Crippen LogP contribution in [-0.4, -0.2) is 5.88 Å². The largest absolute Gasteiger partial charge is 0.126 e. The van der Waals surface area contributed by atoms with Gasteiger partial charge in [-0.05, 0) is 18.3 Å². The summed E-state index contributed by atoms with van der Waals surface area (Å²) >= 11 is 5.82. The lowest BCUT2D eigenvalue weighted by Gasteiger charge is -2.19. The van der Waals surface area contributed by atoms with E-state index in [0.717, 1.165) is 17.7 Å². The van der Waals surface area contributed by atoms with Gasteiger partial charge < -0.3 is 0 Å². The normalized spacial score (nSPS) is 16.8. The maximum atomic E-state index is 5.82. The molecule has 0 aliphatic heterocycles. The topological polar surface area (TPSA) is 0 Å². The molecule has 0 aromatic rings. The Kier molecular flexibility index (Phi) is 6.20. The van der Waals surface area contributed by atoms with E-state index in [9.17, 15) is 0 Å². The van der Waals surface area contributed by atoms with E-state index in [2.05, 4.69) is 20.8 Å². The summed E-state index contributed by atoms with van der Waals surface area (Å²) in [5.41, 5.74) is 0. The first-order valence-corrected chi connectivity index (χ1v) is 4.85. The Labute approximate surface area is 70.0 Å². The molecule has 0 aromatic heterocycles. The van der Waals surface area contributed by atoms with Crippen LogP contribution < -0.4 is 0 Å². The third-order valence-electron chi connectivity index (χ3n) is 2.31. The van der Waals surface area contributed by atoms with Crippen molar-refractivity contribution in [1.82, 2.24) is 0 Å². The van der Waals surface area contributed by atoms with Crippen LogP contribution in [0.3, 0.4) is 0 Å². The lowest BCUT2D eigenvalue weighted by atomic mass is 9.90. The highest BCUT2D eigenvalue weighted by Gasteiger charge is 2.12. The van der Waals surface area contributed by atoms with Crippen LogP contribution in [-0.2, 0) is 0 Å². The van der Waals surface area contributed by atoms with Crippen LogP contribution in [0.15, 0.2) is 0 Å². The van der Waals surface area contributed by atoms with Gasteiger partial charge in [0.05, 0.1) is 0 Å². The fraction of sp³-hybridized carbons (Fsp3) is 1.00. The summed E-state index contributed by atoms with van der Waals surface area (Å²) in [5, 5.41) is 0. The summed E-state index contributed by atoms with van der Waals surface area (Å²) in [6.07, 6.45) is 3.82. The smallest absolute Gasteiger partial charge is 0.0254 e. The molecule has 0 aliphatic rings. The molecule has 0 saturated heterocycles. The average Bonchev–Trinajstić information content (AvgIpc) is 1.99. The molecule has 62 valence electrons. The van der Waals surface area contributed by atoms with Crippen LogP contribution in [0, 0.1) is 11.8 Å². The van der Waals surface area contributed by atoms with Crippen LogP contribution in [0.4, 0.5) is 0 Å². The first kappa shape index (κ1) is 10.3. The van der Waals surface area contributed by atoms with Crippen molar-refractivity contribution in [3.63, 3.8) is 0 Å². The minimum atomic E-state index is 0.747. The van der Waals surface area contributed by atoms with E-state index in [1.54, 1.807) is 0 Å². The first-order valence-electron chi connectivity index (χ1n) is 4.32. The summed E-state index contributed by atoms with van der Waals surface area (Å²) in [4.78, 5) is 0. The number of hydrogen-bond acceptors (Lipinski definition) is 0. The number of rotatable bonds is 5. The molecule has 0 nitrogen and oxygen atoms in total. The van der Waals surface area contributed by atoms with E-state index in [4.69, 9.17) is 11.6 Å². The molecule has 0 saturated carbocycles. The van der Waals surface area contributed by atoms with Gasteiger partial charge in [0.2, 0.25) is 0 Å². The monoisotopic (exact) mass is 162 g/mol. The fourth-order valence-electron chi connectivity index (χ4n) is 1.22. The van der Waals surface area contributed by atoms with Gasteiger partial charge in [0.25, 0.3) is 0 Å². The van der Waals surface area contributed by atoms with Crippen molar-refractivity contribution in [2.75, 3.05) is 5.88 Å². The molecule has 0 rings (SSSR count). The quantitative estimate of drug-likeness (QED) is 0.541. The number of hydrogen-bond donors (Lipinski definition) is 0. The number of alkyl halides is 1. The van der Waals surface area contributed by atoms with Crippen molar-refractivity contribution in [1.29, 1.82) is 0 Å². The van der Waals surface area contributed by atoms with E-state index >= 15 is 0 Å². The highest BCUT2D eigenvalue weighted by molar-refractivity contribution is 6.18. The zero-order chi connectivity index (χ0) is 7.98. The Bertz CT molecular complexity index is 71.1. The lowest BCUT2D eigenvalue weighted by Crippen LogP contribution is -2.12. The zero-order valence-corrected chi connectivity index (χ0v) is 8.12. The molecular formula is C9H19Cl. The summed E-state index contributed by atoms with van der Waals surface area (Å²) < 4.78 is 0. The van der Waals surface area contributed by atoms with Gasteiger partial charge in [-0.25, -0.2) is 0 Å². The van der Waals surface area contributed by atoms with Crippen LogP contribution in [0.1, 0.15) is 40.0 Å². The predicted molar refractivity (Wildman–Crippen MR) is 48.6 cm³/mol. The minimum absolute atomic E-state index is 0.747. The molecule has 0 heterocycles. The molecule has 10 heavy (non-hydrogen) atoms. The van der Waals surface area contributed by atoms with Crippen molar-refractivity contribution in [3.8, 4) is 0 Å². The van der Waals surface area contributed by atoms with Crippen LogP contribution in [0.5, 0.6) is 0 Å². The third-order valence-corrected chi connectivity index (χ3v) is 2.70. The van der Waals surface area contributed by atoms with Crippen molar-refractivity contribution in [2.24, 2.45) is 11.8 Å². The van der Waals surface area contributed by atoms with Crippen molar-refractivity contribution >= 4 is 11.6 Å². The second-order valence-electron chi connectivity index (χ2n) is 3.09. The molecule has 0 aliphatic carbocycles. The molecule has 0 aromatic carbocycles. The average molecular weight is 163 g/mol. The highest BCUT2D eigenvalue weighted by Crippen LogP contribution is 2.21. The van der Waals surface area contributed by atoms with Gasteiger partial charge in [-0.3, -0.25) is 0 Å². The van der Waals surface area contributed by atoms with E-state index < -0.39 is 0 Å². The molecule has 0 radical (unpaired) electrons. The molecule has 0 spiro atoms. The van der Waals surface area contributed by atoms with Gasteiger partial charge in [-0.1, -0.05) is 33.6 Å². The van der Waals surface area contributed by atoms with Gasteiger partial charge in [-0.15, -0.1) is 11.6 Å². The Morgan fingerprint density at radius 2 is 1.90 bits per heavy atom. The Hall–Kier alpha value is 0.290. The predicted octanol–water partition coefficient (Wildman–Crippen LogP) is 3.69. The zero-order valence-electron chi connectivity index (χ0n) is 7.36. The van der Waals surface area contributed by atoms with Gasteiger partial charge >= 0.3 is 0 Å². The Morgan fingerprint density at radius 3 is 2.20 bits per heavy atom. The molecule has 0 amide bonds. The fourth-order valence-corrected chi connectivity index (χ4v) is 1.68. The third kappa shape index (κ3) is 3.46. The van der Waals surface area contributed by atoms with E-state index in [-0.39, 0.29) is 0 Å². The van der Waals surface area contributed by atoms with Gasteiger partial charge in [-0.2, -0.15) is 0 Å².